The number of fused-ring (bicyclic) bond motifs is 2. The number of ether oxygens (including phenoxy) is 1. The van der Waals surface area contributed by atoms with Crippen molar-refractivity contribution in [1.82, 2.24) is 15.5 Å². The van der Waals surface area contributed by atoms with Crippen molar-refractivity contribution in [3.63, 3.8) is 0 Å². The second kappa shape index (κ2) is 13.7. The molecule has 6 rings (SSSR count). The number of hydrogen-bond donors (Lipinski definition) is 3. The summed E-state index contributed by atoms with van der Waals surface area (Å²) in [6.45, 7) is 9.06. The predicted molar refractivity (Wildman–Crippen MR) is 183 cm³/mol. The number of nitrogens with one attached hydrogen (secondary N) is 2. The number of aliphatic carboxylic acids is 1. The van der Waals surface area contributed by atoms with Gasteiger partial charge in [-0.3, -0.25) is 14.4 Å². The third-order valence-corrected chi connectivity index (χ3v) is 10.2. The largest absolute Gasteiger partial charge is 0.479 e. The Morgan fingerprint density at radius 3 is 2.18 bits per heavy atom. The number of carboxylic acids is 1. The molecule has 264 valence electrons. The average Bonchev–Trinajstić information content (AvgIpc) is 3.38. The molecular formula is C38H44N4O8. The number of oxime groups is 1. The normalized spacial score (nSPS) is 24.8. The molecule has 12 heteroatoms. The number of ketones is 1. The van der Waals surface area contributed by atoms with Crippen molar-refractivity contribution in [2.75, 3.05) is 6.54 Å². The number of amides is 3. The third-order valence-electron chi connectivity index (χ3n) is 10.2. The van der Waals surface area contributed by atoms with Crippen LogP contribution in [0, 0.1) is 11.3 Å². The summed E-state index contributed by atoms with van der Waals surface area (Å²) in [6.07, 6.45) is 4.06. The molecule has 2 saturated carbocycles. The molecule has 3 amide bonds. The average molecular weight is 685 g/mol. The maximum atomic E-state index is 14.4. The van der Waals surface area contributed by atoms with Crippen molar-refractivity contribution in [2.45, 2.75) is 95.5 Å². The highest BCUT2D eigenvalue weighted by Crippen LogP contribution is 2.46. The van der Waals surface area contributed by atoms with Crippen molar-refractivity contribution in [3.05, 3.63) is 83.4 Å². The van der Waals surface area contributed by atoms with Gasteiger partial charge < -0.3 is 30.2 Å². The number of carboxylic acid groups (broad SMARTS) is 1. The lowest BCUT2D eigenvalue weighted by Crippen LogP contribution is -2.59. The second-order valence-electron chi connectivity index (χ2n) is 14.8. The number of likely N-dealkylation sites (tertiary alicyclic amines) is 1. The van der Waals surface area contributed by atoms with E-state index in [0.717, 1.165) is 25.7 Å². The van der Waals surface area contributed by atoms with Gasteiger partial charge in [-0.05, 0) is 49.9 Å². The van der Waals surface area contributed by atoms with Crippen molar-refractivity contribution in [2.24, 2.45) is 16.5 Å². The summed E-state index contributed by atoms with van der Waals surface area (Å²) in [5, 5.41) is 20.1. The van der Waals surface area contributed by atoms with Crippen LogP contribution in [0.2, 0.25) is 0 Å². The Hall–Kier alpha value is -5.00. The number of carbonyl (C=O) groups is 5. The molecule has 1 saturated heterocycles. The molecule has 1 heterocycles. The number of nitrogens with zero attached hydrogens (tertiary/aromatic N) is 2. The van der Waals surface area contributed by atoms with Gasteiger partial charge in [-0.1, -0.05) is 80.5 Å². The third kappa shape index (κ3) is 6.75. The van der Waals surface area contributed by atoms with E-state index in [1.165, 1.54) is 4.90 Å². The van der Waals surface area contributed by atoms with Crippen LogP contribution >= 0.6 is 0 Å². The zero-order valence-corrected chi connectivity index (χ0v) is 28.6. The van der Waals surface area contributed by atoms with Gasteiger partial charge in [0.05, 0.1) is 6.54 Å². The fourth-order valence-corrected chi connectivity index (χ4v) is 7.37. The van der Waals surface area contributed by atoms with Gasteiger partial charge in [0, 0.05) is 28.7 Å². The van der Waals surface area contributed by atoms with Gasteiger partial charge in [-0.15, -0.1) is 6.58 Å². The summed E-state index contributed by atoms with van der Waals surface area (Å²) in [7, 11) is 0. The van der Waals surface area contributed by atoms with Crippen molar-refractivity contribution < 1.29 is 38.7 Å². The predicted octanol–water partition coefficient (Wildman–Crippen LogP) is 4.59. The SMILES string of the molecule is C=CC[C@@H]1C[C@]1(NC(=O)[C@@H]1C[C@@H](ON=C2c3ccccc3C(=O)c3ccccc32)CN1C(=O)[C@@H](NC(=O)OC1CCCC1)C(C)(C)C)C(=O)O. The van der Waals surface area contributed by atoms with Crippen molar-refractivity contribution in [3.8, 4) is 0 Å². The van der Waals surface area contributed by atoms with E-state index in [9.17, 15) is 29.1 Å². The molecule has 3 N–H and O–H groups in total. The molecule has 0 spiro atoms. The van der Waals surface area contributed by atoms with Crippen molar-refractivity contribution >= 4 is 35.4 Å². The Labute approximate surface area is 291 Å². The van der Waals surface area contributed by atoms with Gasteiger partial charge >= 0.3 is 12.1 Å². The monoisotopic (exact) mass is 684 g/mol. The molecule has 1 aliphatic heterocycles. The Bertz CT molecular complexity index is 1690. The molecule has 2 aromatic carbocycles. The van der Waals surface area contributed by atoms with Gasteiger partial charge in [0.15, 0.2) is 5.78 Å². The number of hydrogen-bond acceptors (Lipinski definition) is 8. The highest BCUT2D eigenvalue weighted by atomic mass is 16.6. The number of alkyl carbamates (subject to hydrolysis) is 1. The number of benzene rings is 2. The van der Waals surface area contributed by atoms with Crippen LogP contribution in [0.3, 0.4) is 0 Å². The summed E-state index contributed by atoms with van der Waals surface area (Å²) in [4.78, 5) is 74.4. The van der Waals surface area contributed by atoms with E-state index >= 15 is 0 Å². The highest BCUT2D eigenvalue weighted by molar-refractivity contribution is 6.29. The minimum absolute atomic E-state index is 0.0157. The van der Waals surface area contributed by atoms with Crippen LogP contribution in [-0.2, 0) is 24.0 Å². The van der Waals surface area contributed by atoms with Crippen LogP contribution < -0.4 is 10.6 Å². The first-order chi connectivity index (χ1) is 23.8. The van der Waals surface area contributed by atoms with E-state index in [1.54, 1.807) is 75.4 Å². The molecule has 0 bridgehead atoms. The topological polar surface area (TPSA) is 164 Å². The fourth-order valence-electron chi connectivity index (χ4n) is 7.37. The lowest BCUT2D eigenvalue weighted by Gasteiger charge is -2.35. The Kier molecular flexibility index (Phi) is 9.56. The minimum atomic E-state index is -1.46. The standard InChI is InChI=1S/C38H44N4O8/c1-5-12-22-20-38(22,35(46)47)40-33(44)29-19-24(21-42(29)34(45)32(37(2,3)4)39-36(48)49-23-13-6-7-14-23)50-41-30-25-15-8-10-17-27(25)31(43)28-18-11-9-16-26(28)30/h5,8-11,15-18,22-24,29,32H,1,6-7,12-14,19-21H2,2-4H3,(H,39,48)(H,40,44)(H,46,47)/t22-,24-,29+,32-,38-/m1/s1. The zero-order chi connectivity index (χ0) is 35.8. The van der Waals surface area contributed by atoms with Crippen molar-refractivity contribution in [1.29, 1.82) is 0 Å². The van der Waals surface area contributed by atoms with Crippen LogP contribution in [0.1, 0.15) is 92.8 Å². The van der Waals surface area contributed by atoms with Crippen LogP contribution in [0.4, 0.5) is 4.79 Å². The van der Waals surface area contributed by atoms with Gasteiger partial charge in [-0.2, -0.15) is 0 Å². The van der Waals surface area contributed by atoms with E-state index in [-0.39, 0.29) is 37.2 Å². The number of carbonyl (C=O) groups excluding carboxylic acids is 4. The van der Waals surface area contributed by atoms with Gasteiger partial charge in [0.25, 0.3) is 0 Å². The molecule has 0 radical (unpaired) electrons. The summed E-state index contributed by atoms with van der Waals surface area (Å²) >= 11 is 0. The lowest BCUT2D eigenvalue weighted by atomic mass is 9.84. The molecular weight excluding hydrogens is 640 g/mol. The fraction of sp³-hybridized carbons (Fsp3) is 0.474. The molecule has 3 fully saturated rings. The van der Waals surface area contributed by atoms with Crippen LogP contribution in [-0.4, -0.2) is 81.8 Å². The molecule has 3 aliphatic carbocycles. The molecule has 0 unspecified atom stereocenters. The number of allylic oxidation sites excluding steroid dienone is 1. The maximum Gasteiger partial charge on any atom is 0.408 e. The summed E-state index contributed by atoms with van der Waals surface area (Å²) in [6, 6.07) is 12.0. The van der Waals surface area contributed by atoms with E-state index in [2.05, 4.69) is 22.4 Å². The first-order valence-electron chi connectivity index (χ1n) is 17.2. The molecule has 2 aromatic rings. The van der Waals surface area contributed by atoms with Gasteiger partial charge in [-0.25, -0.2) is 9.59 Å². The Morgan fingerprint density at radius 1 is 1.02 bits per heavy atom. The quantitative estimate of drug-likeness (QED) is 0.206. The summed E-state index contributed by atoms with van der Waals surface area (Å²) < 4.78 is 5.61. The summed E-state index contributed by atoms with van der Waals surface area (Å²) in [5.74, 6) is -2.76. The first-order valence-corrected chi connectivity index (χ1v) is 17.2. The minimum Gasteiger partial charge on any atom is -0.479 e. The van der Waals surface area contributed by atoms with Crippen LogP contribution in [0.15, 0.2) is 66.3 Å². The van der Waals surface area contributed by atoms with E-state index < -0.39 is 53.0 Å². The second-order valence-corrected chi connectivity index (χ2v) is 14.8. The lowest BCUT2D eigenvalue weighted by molar-refractivity contribution is -0.146. The smallest absolute Gasteiger partial charge is 0.408 e. The molecule has 5 atom stereocenters. The zero-order valence-electron chi connectivity index (χ0n) is 28.6. The molecule has 0 aromatic heterocycles. The Balaban J connectivity index is 1.28. The van der Waals surface area contributed by atoms with Gasteiger partial charge in [0.1, 0.15) is 35.5 Å². The Morgan fingerprint density at radius 2 is 1.62 bits per heavy atom. The molecule has 50 heavy (non-hydrogen) atoms. The first kappa shape index (κ1) is 34.8. The number of rotatable bonds is 10. The van der Waals surface area contributed by atoms with E-state index in [4.69, 9.17) is 9.57 Å². The molecule has 12 nitrogen and oxygen atoms in total. The van der Waals surface area contributed by atoms with Gasteiger partial charge in [0.2, 0.25) is 11.8 Å². The van der Waals surface area contributed by atoms with Crippen LogP contribution in [0.5, 0.6) is 0 Å². The maximum absolute atomic E-state index is 14.4. The highest BCUT2D eigenvalue weighted by Gasteiger charge is 2.62. The van der Waals surface area contributed by atoms with E-state index in [0.29, 0.717) is 34.4 Å². The van der Waals surface area contributed by atoms with Crippen LogP contribution in [0.25, 0.3) is 0 Å². The summed E-state index contributed by atoms with van der Waals surface area (Å²) in [5.41, 5.74) is 0.362. The molecule has 4 aliphatic rings. The van der Waals surface area contributed by atoms with E-state index in [1.807, 2.05) is 0 Å².